The number of halogens is 1. The van der Waals surface area contributed by atoms with E-state index in [2.05, 4.69) is 15.8 Å². The second kappa shape index (κ2) is 7.36. The van der Waals surface area contributed by atoms with Gasteiger partial charge in [0.25, 0.3) is 0 Å². The van der Waals surface area contributed by atoms with Crippen molar-refractivity contribution in [1.29, 1.82) is 0 Å². The Morgan fingerprint density at radius 2 is 2.38 bits per heavy atom. The molecule has 1 aromatic carbocycles. The lowest BCUT2D eigenvalue weighted by atomic mass is 10.0. The highest BCUT2D eigenvalue weighted by atomic mass is 32.2. The molecule has 0 aliphatic carbocycles. The Hall–Kier alpha value is -1.86. The minimum atomic E-state index is -0.383. The number of carbonyl (C=O) groups is 1. The van der Waals surface area contributed by atoms with Crippen LogP contribution in [0.3, 0.4) is 0 Å². The molecule has 24 heavy (non-hydrogen) atoms. The van der Waals surface area contributed by atoms with Crippen LogP contribution in [-0.4, -0.2) is 22.9 Å². The molecule has 3 rings (SSSR count). The number of benzene rings is 1. The van der Waals surface area contributed by atoms with Crippen molar-refractivity contribution in [3.05, 3.63) is 41.4 Å². The Morgan fingerprint density at radius 3 is 3.08 bits per heavy atom. The third-order valence-corrected chi connectivity index (χ3v) is 5.19. The zero-order chi connectivity index (χ0) is 17.1. The summed E-state index contributed by atoms with van der Waals surface area (Å²) in [5.74, 6) is 1.51. The smallest absolute Gasteiger partial charge is 0.242 e. The Bertz CT molecular complexity index is 734. The molecule has 2 aromatic rings. The second-order valence-corrected chi connectivity index (χ2v) is 6.89. The average Bonchev–Trinajstić information content (AvgIpc) is 2.98. The fourth-order valence-corrected chi connectivity index (χ4v) is 3.96. The minimum Gasteiger partial charge on any atom is -0.360 e. The van der Waals surface area contributed by atoms with E-state index in [-0.39, 0.29) is 23.8 Å². The number of aromatic nitrogens is 1. The summed E-state index contributed by atoms with van der Waals surface area (Å²) in [6.45, 7) is 3.71. The van der Waals surface area contributed by atoms with Gasteiger partial charge in [0.1, 0.15) is 11.6 Å². The lowest BCUT2D eigenvalue weighted by Crippen LogP contribution is -2.42. The van der Waals surface area contributed by atoms with E-state index in [9.17, 15) is 9.18 Å². The van der Waals surface area contributed by atoms with Crippen molar-refractivity contribution in [2.24, 2.45) is 0 Å². The fourth-order valence-electron chi connectivity index (χ4n) is 2.82. The van der Waals surface area contributed by atoms with Gasteiger partial charge in [-0.2, -0.15) is 0 Å². The first-order valence-electron chi connectivity index (χ1n) is 8.00. The number of thioether (sulfide) groups is 1. The highest BCUT2D eigenvalue weighted by Crippen LogP contribution is 2.38. The molecule has 1 aliphatic rings. The summed E-state index contributed by atoms with van der Waals surface area (Å²) in [4.78, 5) is 13.2. The first kappa shape index (κ1) is 17.0. The lowest BCUT2D eigenvalue weighted by molar-refractivity contribution is -0.118. The lowest BCUT2D eigenvalue weighted by Gasteiger charge is -2.29. The standard InChI is InChI=1S/C17H20FN3O2S/c1-3-13(17(22)20-15-9-10(2)23-21-15)19-14-7-8-24-16-11(14)5-4-6-12(16)18/h4-6,9,13-14,19H,3,7-8H2,1-2H3,(H,20,21,22)/t13-,14-/m1/s1. The maximum atomic E-state index is 14.0. The Morgan fingerprint density at radius 1 is 1.54 bits per heavy atom. The number of hydrogen-bond donors (Lipinski definition) is 2. The Labute approximate surface area is 144 Å². The quantitative estimate of drug-likeness (QED) is 0.862. The van der Waals surface area contributed by atoms with Crippen LogP contribution in [0.15, 0.2) is 33.7 Å². The van der Waals surface area contributed by atoms with Crippen molar-refractivity contribution in [3.63, 3.8) is 0 Å². The van der Waals surface area contributed by atoms with Crippen molar-refractivity contribution in [2.75, 3.05) is 11.1 Å². The summed E-state index contributed by atoms with van der Waals surface area (Å²) >= 11 is 1.53. The average molecular weight is 349 g/mol. The van der Waals surface area contributed by atoms with Gasteiger partial charge in [-0.1, -0.05) is 24.2 Å². The first-order chi connectivity index (χ1) is 11.6. The molecule has 1 aliphatic heterocycles. The van der Waals surface area contributed by atoms with Crippen LogP contribution < -0.4 is 10.6 Å². The molecule has 2 heterocycles. The Kier molecular flexibility index (Phi) is 5.20. The number of hydrogen-bond acceptors (Lipinski definition) is 5. The van der Waals surface area contributed by atoms with Gasteiger partial charge in [-0.3, -0.25) is 10.1 Å². The molecule has 0 spiro atoms. The van der Waals surface area contributed by atoms with Crippen molar-refractivity contribution >= 4 is 23.5 Å². The van der Waals surface area contributed by atoms with Gasteiger partial charge < -0.3 is 9.84 Å². The molecule has 5 nitrogen and oxygen atoms in total. The molecular formula is C17H20FN3O2S. The van der Waals surface area contributed by atoms with Crippen molar-refractivity contribution in [2.45, 2.75) is 43.7 Å². The highest BCUT2D eigenvalue weighted by Gasteiger charge is 2.27. The maximum absolute atomic E-state index is 14.0. The minimum absolute atomic E-state index is 0.0355. The molecule has 2 N–H and O–H groups in total. The summed E-state index contributed by atoms with van der Waals surface area (Å²) in [6, 6.07) is 6.37. The highest BCUT2D eigenvalue weighted by molar-refractivity contribution is 7.99. The SMILES string of the molecule is CC[C@@H](N[C@@H]1CCSc2c(F)cccc21)C(=O)Nc1cc(C)on1. The molecule has 0 fully saturated rings. The van der Waals surface area contributed by atoms with Gasteiger partial charge >= 0.3 is 0 Å². The van der Waals surface area contributed by atoms with Gasteiger partial charge in [0, 0.05) is 17.0 Å². The van der Waals surface area contributed by atoms with Crippen LogP contribution in [0.5, 0.6) is 0 Å². The van der Waals surface area contributed by atoms with Gasteiger partial charge in [0.15, 0.2) is 5.82 Å². The van der Waals surface area contributed by atoms with Crippen LogP contribution in [0.1, 0.15) is 37.1 Å². The van der Waals surface area contributed by atoms with E-state index < -0.39 is 0 Å². The monoisotopic (exact) mass is 349 g/mol. The third-order valence-electron chi connectivity index (χ3n) is 4.03. The summed E-state index contributed by atoms with van der Waals surface area (Å²) in [7, 11) is 0. The van der Waals surface area contributed by atoms with Gasteiger partial charge in [-0.25, -0.2) is 4.39 Å². The predicted molar refractivity (Wildman–Crippen MR) is 91.6 cm³/mol. The largest absolute Gasteiger partial charge is 0.360 e. The van der Waals surface area contributed by atoms with Crippen LogP contribution in [0, 0.1) is 12.7 Å². The maximum Gasteiger partial charge on any atom is 0.242 e. The van der Waals surface area contributed by atoms with Crippen LogP contribution >= 0.6 is 11.8 Å². The third kappa shape index (κ3) is 3.62. The summed E-state index contributed by atoms with van der Waals surface area (Å²) in [5.41, 5.74) is 0.926. The number of nitrogens with zero attached hydrogens (tertiary/aromatic N) is 1. The van der Waals surface area contributed by atoms with Crippen molar-refractivity contribution < 1.29 is 13.7 Å². The van der Waals surface area contributed by atoms with Crippen LogP contribution in [-0.2, 0) is 4.79 Å². The van der Waals surface area contributed by atoms with Crippen molar-refractivity contribution in [3.8, 4) is 0 Å². The first-order valence-corrected chi connectivity index (χ1v) is 8.98. The summed E-state index contributed by atoms with van der Waals surface area (Å²) in [5, 5.41) is 9.90. The zero-order valence-corrected chi connectivity index (χ0v) is 14.5. The van der Waals surface area contributed by atoms with Gasteiger partial charge in [-0.05, 0) is 37.1 Å². The number of nitrogens with one attached hydrogen (secondary N) is 2. The second-order valence-electron chi connectivity index (χ2n) is 5.79. The molecule has 0 saturated carbocycles. The normalized spacial score (nSPS) is 18.0. The molecule has 0 bridgehead atoms. The number of amides is 1. The number of carbonyl (C=O) groups excluding carboxylic acids is 1. The predicted octanol–water partition coefficient (Wildman–Crippen LogP) is 3.67. The van der Waals surface area contributed by atoms with Gasteiger partial charge in [-0.15, -0.1) is 11.8 Å². The molecule has 0 unspecified atom stereocenters. The number of fused-ring (bicyclic) bond motifs is 1. The molecule has 0 radical (unpaired) electrons. The number of anilines is 1. The van der Waals surface area contributed by atoms with Gasteiger partial charge in [0.05, 0.1) is 6.04 Å². The fraction of sp³-hybridized carbons (Fsp3) is 0.412. The van der Waals surface area contributed by atoms with Crippen LogP contribution in [0.2, 0.25) is 0 Å². The topological polar surface area (TPSA) is 67.2 Å². The summed E-state index contributed by atoms with van der Waals surface area (Å²) in [6.07, 6.45) is 1.48. The molecule has 1 aromatic heterocycles. The molecule has 0 saturated heterocycles. The van der Waals surface area contributed by atoms with E-state index >= 15 is 0 Å². The van der Waals surface area contributed by atoms with E-state index in [1.807, 2.05) is 13.0 Å². The molecule has 128 valence electrons. The molecule has 7 heteroatoms. The van der Waals surface area contributed by atoms with E-state index in [0.717, 1.165) is 17.7 Å². The van der Waals surface area contributed by atoms with Crippen molar-refractivity contribution in [1.82, 2.24) is 10.5 Å². The van der Waals surface area contributed by atoms with E-state index in [4.69, 9.17) is 4.52 Å². The van der Waals surface area contributed by atoms with Gasteiger partial charge in [0.2, 0.25) is 5.91 Å². The van der Waals surface area contributed by atoms with E-state index in [1.54, 1.807) is 19.1 Å². The Balaban J connectivity index is 1.72. The van der Waals surface area contributed by atoms with E-state index in [0.29, 0.717) is 22.9 Å². The number of rotatable bonds is 5. The van der Waals surface area contributed by atoms with Crippen LogP contribution in [0.25, 0.3) is 0 Å². The molecule has 2 atom stereocenters. The van der Waals surface area contributed by atoms with E-state index in [1.165, 1.54) is 17.8 Å². The molecular weight excluding hydrogens is 329 g/mol. The zero-order valence-electron chi connectivity index (χ0n) is 13.6. The van der Waals surface area contributed by atoms with Crippen LogP contribution in [0.4, 0.5) is 10.2 Å². The molecule has 1 amide bonds. The number of aryl methyl sites for hydroxylation is 1. The summed E-state index contributed by atoms with van der Waals surface area (Å²) < 4.78 is 18.9.